The van der Waals surface area contributed by atoms with Crippen molar-refractivity contribution in [1.82, 2.24) is 5.32 Å². The van der Waals surface area contributed by atoms with E-state index < -0.39 is 17.0 Å². The number of ether oxygens (including phenoxy) is 1. The van der Waals surface area contributed by atoms with Crippen molar-refractivity contribution < 1.29 is 18.7 Å². The topological polar surface area (TPSA) is 55.4 Å². The molecule has 32 heavy (non-hydrogen) atoms. The minimum atomic E-state index is -0.516. The van der Waals surface area contributed by atoms with Crippen molar-refractivity contribution in [2.24, 2.45) is 0 Å². The first-order valence-corrected chi connectivity index (χ1v) is 11.5. The molecular formula is C26H28FNO3S. The Bertz CT molecular complexity index is 1180. The van der Waals surface area contributed by atoms with Crippen molar-refractivity contribution >= 4 is 29.0 Å². The fraction of sp³-hybridized carbons (Fsp3) is 0.385. The molecule has 168 valence electrons. The summed E-state index contributed by atoms with van der Waals surface area (Å²) in [6.07, 6.45) is 3.62. The fourth-order valence-electron chi connectivity index (χ4n) is 4.71. The third-order valence-corrected chi connectivity index (χ3v) is 7.57. The van der Waals surface area contributed by atoms with Crippen molar-refractivity contribution in [3.63, 3.8) is 0 Å². The lowest BCUT2D eigenvalue weighted by Crippen LogP contribution is -2.34. The Labute approximate surface area is 192 Å². The summed E-state index contributed by atoms with van der Waals surface area (Å²) in [5, 5.41) is 1.77. The van der Waals surface area contributed by atoms with E-state index in [-0.39, 0.29) is 21.3 Å². The average Bonchev–Trinajstić information content (AvgIpc) is 3.04. The minimum absolute atomic E-state index is 0.0138. The second-order valence-electron chi connectivity index (χ2n) is 9.87. The Balaban J connectivity index is 2.01. The lowest BCUT2D eigenvalue weighted by molar-refractivity contribution is -0.115. The number of nitrogens with one attached hydrogen (secondary N) is 1. The van der Waals surface area contributed by atoms with E-state index in [0.29, 0.717) is 11.3 Å². The molecule has 0 spiro atoms. The summed E-state index contributed by atoms with van der Waals surface area (Å²) in [6.45, 7) is 11.1. The van der Waals surface area contributed by atoms with Gasteiger partial charge in [-0.25, -0.2) is 4.39 Å². The number of hydrogen-bond donors (Lipinski definition) is 1. The van der Waals surface area contributed by atoms with E-state index in [9.17, 15) is 9.59 Å². The van der Waals surface area contributed by atoms with E-state index >= 15 is 4.39 Å². The zero-order valence-electron chi connectivity index (χ0n) is 19.3. The van der Waals surface area contributed by atoms with Crippen LogP contribution in [0.1, 0.15) is 62.8 Å². The second kappa shape index (κ2) is 7.77. The quantitative estimate of drug-likeness (QED) is 0.540. The molecule has 4 nitrogen and oxygen atoms in total. The predicted octanol–water partition coefficient (Wildman–Crippen LogP) is 6.48. The van der Waals surface area contributed by atoms with Gasteiger partial charge in [-0.15, -0.1) is 0 Å². The van der Waals surface area contributed by atoms with Gasteiger partial charge >= 0.3 is 0 Å². The van der Waals surface area contributed by atoms with Gasteiger partial charge in [0.15, 0.2) is 0 Å². The van der Waals surface area contributed by atoms with Crippen LogP contribution in [0.25, 0.3) is 17.2 Å². The summed E-state index contributed by atoms with van der Waals surface area (Å²) >= 11 is 0.775. The van der Waals surface area contributed by atoms with E-state index in [1.54, 1.807) is 13.2 Å². The Kier molecular flexibility index (Phi) is 5.48. The van der Waals surface area contributed by atoms with Crippen LogP contribution in [0.3, 0.4) is 0 Å². The average molecular weight is 454 g/mol. The van der Waals surface area contributed by atoms with Gasteiger partial charge < -0.3 is 4.74 Å². The van der Waals surface area contributed by atoms with E-state index in [4.69, 9.17) is 4.74 Å². The first kappa shape index (κ1) is 22.6. The van der Waals surface area contributed by atoms with Crippen molar-refractivity contribution in [2.45, 2.75) is 58.3 Å². The maximum absolute atomic E-state index is 15.1. The minimum Gasteiger partial charge on any atom is -0.496 e. The summed E-state index contributed by atoms with van der Waals surface area (Å²) in [6, 6.07) is 7.31. The van der Waals surface area contributed by atoms with Crippen molar-refractivity contribution in [2.75, 3.05) is 7.11 Å². The zero-order valence-corrected chi connectivity index (χ0v) is 20.1. The largest absolute Gasteiger partial charge is 0.496 e. The maximum atomic E-state index is 15.1. The fourth-order valence-corrected chi connectivity index (χ4v) is 5.37. The summed E-state index contributed by atoms with van der Waals surface area (Å²) in [5.41, 5.74) is 5.33. The van der Waals surface area contributed by atoms with E-state index in [1.807, 2.05) is 6.92 Å². The summed E-state index contributed by atoms with van der Waals surface area (Å²) in [5.74, 6) is -0.472. The molecule has 2 aromatic carbocycles. The van der Waals surface area contributed by atoms with Crippen LogP contribution in [0, 0.1) is 12.7 Å². The Morgan fingerprint density at radius 1 is 1.06 bits per heavy atom. The highest BCUT2D eigenvalue weighted by Gasteiger charge is 2.38. The zero-order chi connectivity index (χ0) is 23.4. The van der Waals surface area contributed by atoms with Crippen LogP contribution in [0.2, 0.25) is 0 Å². The number of methoxy groups -OCH3 is 1. The molecule has 1 N–H and O–H groups in total. The molecule has 1 saturated heterocycles. The first-order valence-electron chi connectivity index (χ1n) is 10.7. The van der Waals surface area contributed by atoms with Gasteiger partial charge in [0.2, 0.25) is 0 Å². The number of carbonyl (C=O) groups is 2. The molecule has 2 amide bonds. The number of benzene rings is 2. The number of imide groups is 1. The maximum Gasteiger partial charge on any atom is 0.290 e. The highest BCUT2D eigenvalue weighted by molar-refractivity contribution is 8.18. The number of carbonyl (C=O) groups excluding carboxylic acids is 2. The van der Waals surface area contributed by atoms with Gasteiger partial charge in [0.1, 0.15) is 11.6 Å². The monoisotopic (exact) mass is 453 g/mol. The number of rotatable bonds is 3. The molecule has 0 aromatic heterocycles. The number of aryl methyl sites for hydroxylation is 1. The van der Waals surface area contributed by atoms with Crippen molar-refractivity contribution in [1.29, 1.82) is 0 Å². The molecule has 0 radical (unpaired) electrons. The van der Waals surface area contributed by atoms with Gasteiger partial charge in [-0.2, -0.15) is 0 Å². The van der Waals surface area contributed by atoms with Gasteiger partial charge in [-0.1, -0.05) is 33.8 Å². The summed E-state index contributed by atoms with van der Waals surface area (Å²) < 4.78 is 20.8. The first-order chi connectivity index (χ1) is 14.9. The highest BCUT2D eigenvalue weighted by atomic mass is 32.2. The Morgan fingerprint density at radius 3 is 2.25 bits per heavy atom. The summed E-state index contributed by atoms with van der Waals surface area (Å²) in [4.78, 5) is 23.9. The highest BCUT2D eigenvalue weighted by Crippen LogP contribution is 2.49. The van der Waals surface area contributed by atoms with Gasteiger partial charge in [-0.3, -0.25) is 14.9 Å². The number of halogens is 1. The molecule has 6 heteroatoms. The number of fused-ring (bicyclic) bond motifs is 1. The van der Waals surface area contributed by atoms with Gasteiger partial charge in [-0.05, 0) is 88.9 Å². The van der Waals surface area contributed by atoms with Crippen LogP contribution >= 0.6 is 11.8 Å². The lowest BCUT2D eigenvalue weighted by atomic mass is 9.62. The molecule has 2 aliphatic rings. The Morgan fingerprint density at radius 2 is 1.69 bits per heavy atom. The molecule has 1 heterocycles. The van der Waals surface area contributed by atoms with Crippen LogP contribution in [-0.4, -0.2) is 18.3 Å². The molecule has 1 aliphatic carbocycles. The van der Waals surface area contributed by atoms with Crippen LogP contribution in [-0.2, 0) is 15.6 Å². The molecule has 0 saturated carbocycles. The van der Waals surface area contributed by atoms with E-state index in [0.717, 1.165) is 35.7 Å². The number of hydrogen-bond acceptors (Lipinski definition) is 4. The van der Waals surface area contributed by atoms with E-state index in [1.165, 1.54) is 23.3 Å². The molecule has 0 atom stereocenters. The molecule has 2 aromatic rings. The van der Waals surface area contributed by atoms with Gasteiger partial charge in [0.25, 0.3) is 11.1 Å². The van der Waals surface area contributed by atoms with Crippen molar-refractivity contribution in [3.05, 3.63) is 57.2 Å². The normalized spacial score (nSPS) is 20.3. The van der Waals surface area contributed by atoms with Gasteiger partial charge in [0.05, 0.1) is 12.0 Å². The standard InChI is InChI=1S/C26H28FNO3S/c1-14-11-17-18(26(4,5)10-9-25(17,2)3)12-15(14)22-16(19(27)7-8-20(22)31-6)13-21-23(29)28-24(30)32-21/h7-8,11-13H,9-10H2,1-6H3,(H,28,29,30)/b21-13+. The number of thioether (sulfide) groups is 1. The number of amides is 2. The van der Waals surface area contributed by atoms with Crippen molar-refractivity contribution in [3.8, 4) is 16.9 Å². The summed E-state index contributed by atoms with van der Waals surface area (Å²) in [7, 11) is 1.55. The molecule has 0 bridgehead atoms. The third-order valence-electron chi connectivity index (χ3n) is 6.76. The molecule has 1 aliphatic heterocycles. The predicted molar refractivity (Wildman–Crippen MR) is 128 cm³/mol. The molecular weight excluding hydrogens is 425 g/mol. The third kappa shape index (κ3) is 3.75. The molecule has 0 unspecified atom stereocenters. The van der Waals surface area contributed by atoms with E-state index in [2.05, 4.69) is 45.1 Å². The molecule has 4 rings (SSSR count). The second-order valence-corrected chi connectivity index (χ2v) is 10.9. The SMILES string of the molecule is COc1ccc(F)c(/C=C2/SC(=O)NC2=O)c1-c1cc2c(cc1C)C(C)(C)CCC2(C)C. The lowest BCUT2D eigenvalue weighted by Gasteiger charge is -2.42. The van der Waals surface area contributed by atoms with Crippen LogP contribution in [0.5, 0.6) is 5.75 Å². The molecule has 1 fully saturated rings. The van der Waals surface area contributed by atoms with Crippen LogP contribution < -0.4 is 10.1 Å². The smallest absolute Gasteiger partial charge is 0.290 e. The Hall–Kier alpha value is -2.60. The van der Waals surface area contributed by atoms with Crippen LogP contribution in [0.15, 0.2) is 29.2 Å². The van der Waals surface area contributed by atoms with Gasteiger partial charge in [0, 0.05) is 11.1 Å². The van der Waals surface area contributed by atoms with Crippen LogP contribution in [0.4, 0.5) is 9.18 Å².